The summed E-state index contributed by atoms with van der Waals surface area (Å²) < 4.78 is 5.24. The number of piperazine rings is 1. The maximum Gasteiger partial charge on any atom is 0.412 e. The molecule has 0 radical (unpaired) electrons. The average Bonchev–Trinajstić information content (AvgIpc) is 2.72. The Hall–Kier alpha value is -3.33. The summed E-state index contributed by atoms with van der Waals surface area (Å²) >= 11 is 5.90. The van der Waals surface area contributed by atoms with Gasteiger partial charge in [-0.15, -0.1) is 0 Å². The normalized spacial score (nSPS) is 14.1. The Bertz CT molecular complexity index is 1030. The van der Waals surface area contributed by atoms with Crippen molar-refractivity contribution in [3.63, 3.8) is 0 Å². The van der Waals surface area contributed by atoms with Crippen molar-refractivity contribution in [2.75, 3.05) is 36.4 Å². The van der Waals surface area contributed by atoms with E-state index in [1.54, 1.807) is 62.1 Å². The number of carbonyl (C=O) groups is 2. The molecule has 0 spiro atoms. The van der Waals surface area contributed by atoms with E-state index in [9.17, 15) is 19.7 Å². The minimum absolute atomic E-state index is 0.0572. The summed E-state index contributed by atoms with van der Waals surface area (Å²) in [5, 5.41) is 14.3. The first-order valence-electron chi connectivity index (χ1n) is 10.1. The van der Waals surface area contributed by atoms with Crippen LogP contribution in [0.3, 0.4) is 0 Å². The topological polar surface area (TPSA) is 105 Å². The molecule has 1 aliphatic heterocycles. The van der Waals surface area contributed by atoms with E-state index >= 15 is 0 Å². The van der Waals surface area contributed by atoms with E-state index < -0.39 is 16.6 Å². The Morgan fingerprint density at radius 3 is 2.41 bits per heavy atom. The zero-order valence-electron chi connectivity index (χ0n) is 18.1. The molecule has 0 bridgehead atoms. The molecule has 1 heterocycles. The zero-order chi connectivity index (χ0) is 23.5. The van der Waals surface area contributed by atoms with E-state index in [0.717, 1.165) is 0 Å². The third-order valence-corrected chi connectivity index (χ3v) is 5.03. The van der Waals surface area contributed by atoms with Gasteiger partial charge in [0.25, 0.3) is 11.6 Å². The summed E-state index contributed by atoms with van der Waals surface area (Å²) in [7, 11) is 0. The van der Waals surface area contributed by atoms with Gasteiger partial charge in [0, 0.05) is 48.5 Å². The van der Waals surface area contributed by atoms with E-state index in [-0.39, 0.29) is 11.6 Å². The number of nitrogens with zero attached hydrogens (tertiary/aromatic N) is 3. The van der Waals surface area contributed by atoms with Crippen molar-refractivity contribution in [2.24, 2.45) is 0 Å². The van der Waals surface area contributed by atoms with Gasteiger partial charge < -0.3 is 14.5 Å². The fourth-order valence-corrected chi connectivity index (χ4v) is 3.56. The molecule has 0 atom stereocenters. The number of amides is 2. The number of hydrogen-bond acceptors (Lipinski definition) is 6. The molecule has 2 aromatic rings. The Kier molecular flexibility index (Phi) is 6.88. The van der Waals surface area contributed by atoms with E-state index in [1.165, 1.54) is 6.07 Å². The molecule has 0 aliphatic carbocycles. The van der Waals surface area contributed by atoms with Gasteiger partial charge in [-0.1, -0.05) is 17.7 Å². The van der Waals surface area contributed by atoms with E-state index in [0.29, 0.717) is 48.1 Å². The van der Waals surface area contributed by atoms with Crippen LogP contribution in [0.15, 0.2) is 42.5 Å². The molecule has 1 fully saturated rings. The third kappa shape index (κ3) is 5.88. The average molecular weight is 461 g/mol. The first-order valence-corrected chi connectivity index (χ1v) is 10.5. The fraction of sp³-hybridized carbons (Fsp3) is 0.364. The molecule has 1 N–H and O–H groups in total. The summed E-state index contributed by atoms with van der Waals surface area (Å²) in [6.07, 6.45) is -0.597. The molecule has 2 aromatic carbocycles. The predicted octanol–water partition coefficient (Wildman–Crippen LogP) is 4.56. The van der Waals surface area contributed by atoms with Gasteiger partial charge in [0.15, 0.2) is 0 Å². The van der Waals surface area contributed by atoms with Crippen molar-refractivity contribution in [1.82, 2.24) is 4.90 Å². The number of nitrogens with one attached hydrogen (secondary N) is 1. The maximum atomic E-state index is 13.0. The lowest BCUT2D eigenvalue weighted by molar-refractivity contribution is -0.384. The van der Waals surface area contributed by atoms with E-state index in [1.807, 2.05) is 4.90 Å². The number of rotatable bonds is 4. The molecule has 0 saturated carbocycles. The molecule has 1 saturated heterocycles. The van der Waals surface area contributed by atoms with Crippen LogP contribution >= 0.6 is 11.6 Å². The highest BCUT2D eigenvalue weighted by molar-refractivity contribution is 6.30. The van der Waals surface area contributed by atoms with Gasteiger partial charge >= 0.3 is 6.09 Å². The molecule has 3 rings (SSSR count). The van der Waals surface area contributed by atoms with Crippen molar-refractivity contribution < 1.29 is 19.2 Å². The Morgan fingerprint density at radius 2 is 1.78 bits per heavy atom. The summed E-state index contributed by atoms with van der Waals surface area (Å²) in [5.74, 6) is -0.178. The Balaban J connectivity index is 1.65. The smallest absolute Gasteiger partial charge is 0.412 e. The lowest BCUT2D eigenvalue weighted by Crippen LogP contribution is -2.49. The molecule has 10 heteroatoms. The second kappa shape index (κ2) is 9.44. The van der Waals surface area contributed by atoms with Gasteiger partial charge in [0.1, 0.15) is 11.3 Å². The second-order valence-corrected chi connectivity index (χ2v) is 8.81. The van der Waals surface area contributed by atoms with Crippen molar-refractivity contribution in [1.29, 1.82) is 0 Å². The number of hydrogen-bond donors (Lipinski definition) is 1. The molecule has 32 heavy (non-hydrogen) atoms. The second-order valence-electron chi connectivity index (χ2n) is 8.38. The molecule has 0 aromatic heterocycles. The van der Waals surface area contributed by atoms with Crippen molar-refractivity contribution >= 4 is 40.7 Å². The Morgan fingerprint density at radius 1 is 1.09 bits per heavy atom. The van der Waals surface area contributed by atoms with Gasteiger partial charge in [-0.3, -0.25) is 20.2 Å². The number of benzene rings is 2. The Labute approximate surface area is 191 Å². The number of anilines is 2. The molecular formula is C22H25ClN4O5. The summed E-state index contributed by atoms with van der Waals surface area (Å²) in [6.45, 7) is 7.01. The number of carbonyl (C=O) groups excluding carboxylic acids is 2. The first-order chi connectivity index (χ1) is 15.0. The lowest BCUT2D eigenvalue weighted by Gasteiger charge is -2.36. The quantitative estimate of drug-likeness (QED) is 0.529. The molecule has 2 amide bonds. The molecule has 9 nitrogen and oxygen atoms in total. The van der Waals surface area contributed by atoms with Crippen LogP contribution in [0, 0.1) is 10.1 Å². The number of halogens is 1. The minimum atomic E-state index is -0.629. The third-order valence-electron chi connectivity index (χ3n) is 4.80. The molecule has 0 unspecified atom stereocenters. The number of nitro groups is 1. The standard InChI is InChI=1S/C22H25ClN4O5/c1-22(2,3)32-21(29)24-17-6-4-5-15(13-17)20(28)26-11-9-25(10-12-26)18-8-7-16(23)14-19(18)27(30)31/h4-8,13-14H,9-12H2,1-3H3,(H,24,29). The maximum absolute atomic E-state index is 13.0. The molecular weight excluding hydrogens is 436 g/mol. The SMILES string of the molecule is CC(C)(C)OC(=O)Nc1cccc(C(=O)N2CCN(c3ccc(Cl)cc3[N+](=O)[O-])CC2)c1. The fourth-order valence-electron chi connectivity index (χ4n) is 3.39. The van der Waals surface area contributed by atoms with Crippen molar-refractivity contribution in [3.8, 4) is 0 Å². The predicted molar refractivity (Wildman–Crippen MR) is 123 cm³/mol. The van der Waals surface area contributed by atoms with E-state index in [4.69, 9.17) is 16.3 Å². The van der Waals surface area contributed by atoms with Crippen LogP contribution in [0.2, 0.25) is 5.02 Å². The highest BCUT2D eigenvalue weighted by Crippen LogP contribution is 2.31. The van der Waals surface area contributed by atoms with Crippen LogP contribution in [0.4, 0.5) is 21.9 Å². The largest absolute Gasteiger partial charge is 0.444 e. The van der Waals surface area contributed by atoms with Gasteiger partial charge in [0.05, 0.1) is 4.92 Å². The molecule has 1 aliphatic rings. The number of ether oxygens (including phenoxy) is 1. The van der Waals surface area contributed by atoms with Crippen LogP contribution < -0.4 is 10.2 Å². The van der Waals surface area contributed by atoms with Gasteiger partial charge in [-0.2, -0.15) is 0 Å². The van der Waals surface area contributed by atoms with Crippen LogP contribution in [-0.2, 0) is 4.74 Å². The van der Waals surface area contributed by atoms with Crippen LogP contribution in [0.1, 0.15) is 31.1 Å². The van der Waals surface area contributed by atoms with Crippen molar-refractivity contribution in [2.45, 2.75) is 26.4 Å². The number of nitro benzene ring substituents is 1. The van der Waals surface area contributed by atoms with Gasteiger partial charge in [0.2, 0.25) is 0 Å². The summed E-state index contributed by atoms with van der Waals surface area (Å²) in [6, 6.07) is 11.2. The summed E-state index contributed by atoms with van der Waals surface area (Å²) in [4.78, 5) is 39.4. The van der Waals surface area contributed by atoms with Gasteiger partial charge in [-0.05, 0) is 51.1 Å². The monoisotopic (exact) mass is 460 g/mol. The van der Waals surface area contributed by atoms with Crippen molar-refractivity contribution in [3.05, 3.63) is 63.2 Å². The van der Waals surface area contributed by atoms with Crippen LogP contribution in [0.25, 0.3) is 0 Å². The molecule has 170 valence electrons. The van der Waals surface area contributed by atoms with Crippen LogP contribution in [0.5, 0.6) is 0 Å². The highest BCUT2D eigenvalue weighted by atomic mass is 35.5. The lowest BCUT2D eigenvalue weighted by atomic mass is 10.1. The zero-order valence-corrected chi connectivity index (χ0v) is 18.9. The van der Waals surface area contributed by atoms with Gasteiger partial charge in [-0.25, -0.2) is 4.79 Å². The summed E-state index contributed by atoms with van der Waals surface area (Å²) in [5.41, 5.74) is 0.689. The highest BCUT2D eigenvalue weighted by Gasteiger charge is 2.27. The first kappa shape index (κ1) is 23.3. The minimum Gasteiger partial charge on any atom is -0.444 e. The van der Waals surface area contributed by atoms with E-state index in [2.05, 4.69) is 5.32 Å². The van der Waals surface area contributed by atoms with Crippen LogP contribution in [-0.4, -0.2) is 53.6 Å².